The van der Waals surface area contributed by atoms with Crippen molar-refractivity contribution >= 4 is 10.0 Å². The number of sulfonamides is 1. The first kappa shape index (κ1) is 13.6. The van der Waals surface area contributed by atoms with E-state index in [1.165, 1.54) is 15.3 Å². The van der Waals surface area contributed by atoms with Crippen LogP contribution < -0.4 is 0 Å². The van der Waals surface area contributed by atoms with Gasteiger partial charge in [0, 0.05) is 13.1 Å². The van der Waals surface area contributed by atoms with E-state index < -0.39 is 10.0 Å². The molecule has 1 aromatic heterocycles. The van der Waals surface area contributed by atoms with E-state index in [1.54, 1.807) is 24.3 Å². The molecular formula is C11H15N5O2S. The van der Waals surface area contributed by atoms with Crippen LogP contribution in [0.5, 0.6) is 0 Å². The van der Waals surface area contributed by atoms with Crippen LogP contribution in [0.3, 0.4) is 0 Å². The van der Waals surface area contributed by atoms with Crippen molar-refractivity contribution in [1.29, 1.82) is 0 Å². The predicted octanol–water partition coefficient (Wildman–Crippen LogP) is 0.693. The van der Waals surface area contributed by atoms with Crippen LogP contribution in [0.25, 0.3) is 5.69 Å². The molecule has 0 bridgehead atoms. The van der Waals surface area contributed by atoms with Crippen LogP contribution in [0.1, 0.15) is 13.8 Å². The Morgan fingerprint density at radius 1 is 1.26 bits per heavy atom. The zero-order valence-electron chi connectivity index (χ0n) is 10.8. The predicted molar refractivity (Wildman–Crippen MR) is 69.3 cm³/mol. The summed E-state index contributed by atoms with van der Waals surface area (Å²) in [4.78, 5) is 0.240. The fourth-order valence-electron chi connectivity index (χ4n) is 1.78. The standard InChI is InChI=1S/C11H15N5O2S/c1-3-15(4-2)19(17,18)11-7-5-6-10(8-11)16-9-12-13-14-16/h5-9H,3-4H2,1-2H3. The van der Waals surface area contributed by atoms with Crippen LogP contribution in [0, 0.1) is 0 Å². The van der Waals surface area contributed by atoms with Crippen molar-refractivity contribution in [3.63, 3.8) is 0 Å². The van der Waals surface area contributed by atoms with Gasteiger partial charge in [-0.2, -0.15) is 4.31 Å². The maximum absolute atomic E-state index is 12.4. The monoisotopic (exact) mass is 281 g/mol. The van der Waals surface area contributed by atoms with Crippen molar-refractivity contribution in [2.75, 3.05) is 13.1 Å². The number of rotatable bonds is 5. The molecule has 0 amide bonds. The van der Waals surface area contributed by atoms with Crippen molar-refractivity contribution in [3.8, 4) is 5.69 Å². The van der Waals surface area contributed by atoms with E-state index in [0.29, 0.717) is 18.8 Å². The lowest BCUT2D eigenvalue weighted by Gasteiger charge is -2.18. The molecule has 0 spiro atoms. The Bertz CT molecular complexity index is 635. The molecule has 2 rings (SSSR count). The summed E-state index contributed by atoms with van der Waals surface area (Å²) in [6, 6.07) is 6.55. The highest BCUT2D eigenvalue weighted by molar-refractivity contribution is 7.89. The van der Waals surface area contributed by atoms with Crippen molar-refractivity contribution in [2.24, 2.45) is 0 Å². The van der Waals surface area contributed by atoms with Gasteiger partial charge in [-0.25, -0.2) is 13.1 Å². The molecule has 1 heterocycles. The number of benzene rings is 1. The van der Waals surface area contributed by atoms with E-state index in [1.807, 2.05) is 13.8 Å². The van der Waals surface area contributed by atoms with E-state index in [2.05, 4.69) is 15.5 Å². The van der Waals surface area contributed by atoms with Crippen LogP contribution in [0.2, 0.25) is 0 Å². The van der Waals surface area contributed by atoms with Crippen molar-refractivity contribution in [3.05, 3.63) is 30.6 Å². The molecule has 102 valence electrons. The lowest BCUT2D eigenvalue weighted by Crippen LogP contribution is -2.30. The first-order valence-electron chi connectivity index (χ1n) is 5.93. The van der Waals surface area contributed by atoms with Crippen LogP contribution >= 0.6 is 0 Å². The second-order valence-corrected chi connectivity index (χ2v) is 5.78. The number of hydrogen-bond acceptors (Lipinski definition) is 5. The molecule has 0 unspecified atom stereocenters. The van der Waals surface area contributed by atoms with Gasteiger partial charge in [-0.1, -0.05) is 19.9 Å². The van der Waals surface area contributed by atoms with Gasteiger partial charge >= 0.3 is 0 Å². The Balaban J connectivity index is 2.44. The molecule has 0 N–H and O–H groups in total. The summed E-state index contributed by atoms with van der Waals surface area (Å²) < 4.78 is 27.6. The maximum atomic E-state index is 12.4. The molecule has 0 aliphatic carbocycles. The van der Waals surface area contributed by atoms with Gasteiger partial charge in [-0.15, -0.1) is 5.10 Å². The first-order chi connectivity index (χ1) is 9.09. The molecule has 0 saturated carbocycles. The molecule has 1 aromatic carbocycles. The third-order valence-corrected chi connectivity index (χ3v) is 4.82. The van der Waals surface area contributed by atoms with Crippen molar-refractivity contribution in [2.45, 2.75) is 18.7 Å². The summed E-state index contributed by atoms with van der Waals surface area (Å²) in [6.45, 7) is 4.50. The van der Waals surface area contributed by atoms with Gasteiger partial charge in [-0.05, 0) is 28.6 Å². The molecule has 2 aromatic rings. The molecule has 0 saturated heterocycles. The third-order valence-electron chi connectivity index (χ3n) is 2.77. The summed E-state index contributed by atoms with van der Waals surface area (Å²) in [5, 5.41) is 10.8. The average Bonchev–Trinajstić information content (AvgIpc) is 2.94. The molecular weight excluding hydrogens is 266 g/mol. The Hall–Kier alpha value is -1.80. The zero-order chi connectivity index (χ0) is 13.9. The quantitative estimate of drug-likeness (QED) is 0.805. The second-order valence-electron chi connectivity index (χ2n) is 3.84. The van der Waals surface area contributed by atoms with Gasteiger partial charge in [0.05, 0.1) is 10.6 Å². The smallest absolute Gasteiger partial charge is 0.207 e. The van der Waals surface area contributed by atoms with E-state index in [0.717, 1.165) is 0 Å². The number of nitrogens with zero attached hydrogens (tertiary/aromatic N) is 5. The van der Waals surface area contributed by atoms with Gasteiger partial charge in [-0.3, -0.25) is 0 Å². The lowest BCUT2D eigenvalue weighted by molar-refractivity contribution is 0.445. The normalized spacial score (nSPS) is 11.9. The fourth-order valence-corrected chi connectivity index (χ4v) is 3.28. The van der Waals surface area contributed by atoms with Crippen molar-refractivity contribution in [1.82, 2.24) is 24.5 Å². The minimum absolute atomic E-state index is 0.240. The van der Waals surface area contributed by atoms with E-state index >= 15 is 0 Å². The van der Waals surface area contributed by atoms with E-state index in [4.69, 9.17) is 0 Å². The van der Waals surface area contributed by atoms with Crippen molar-refractivity contribution < 1.29 is 8.42 Å². The molecule has 8 heteroatoms. The molecule has 7 nitrogen and oxygen atoms in total. The SMILES string of the molecule is CCN(CC)S(=O)(=O)c1cccc(-n2cnnn2)c1. The number of aromatic nitrogens is 4. The molecule has 0 aliphatic heterocycles. The summed E-state index contributed by atoms with van der Waals surface area (Å²) in [7, 11) is -3.46. The Labute approximate surface area is 111 Å². The van der Waals surface area contributed by atoms with Gasteiger partial charge in [0.15, 0.2) is 0 Å². The van der Waals surface area contributed by atoms with Gasteiger partial charge < -0.3 is 0 Å². The number of tetrazole rings is 1. The largest absolute Gasteiger partial charge is 0.243 e. The van der Waals surface area contributed by atoms with Crippen LogP contribution in [-0.2, 0) is 10.0 Å². The highest BCUT2D eigenvalue weighted by Crippen LogP contribution is 2.18. The zero-order valence-corrected chi connectivity index (χ0v) is 11.6. The Kier molecular flexibility index (Phi) is 3.91. The average molecular weight is 281 g/mol. The second kappa shape index (κ2) is 5.45. The lowest BCUT2D eigenvalue weighted by atomic mass is 10.3. The van der Waals surface area contributed by atoms with Crippen LogP contribution in [0.4, 0.5) is 0 Å². The minimum atomic E-state index is -3.46. The molecule has 0 fully saturated rings. The summed E-state index contributed by atoms with van der Waals surface area (Å²) in [6.07, 6.45) is 1.42. The third kappa shape index (κ3) is 2.64. The van der Waals surface area contributed by atoms with Gasteiger partial charge in [0.1, 0.15) is 6.33 Å². The molecule has 0 aliphatic rings. The first-order valence-corrected chi connectivity index (χ1v) is 7.37. The van der Waals surface area contributed by atoms with E-state index in [-0.39, 0.29) is 4.90 Å². The summed E-state index contributed by atoms with van der Waals surface area (Å²) >= 11 is 0. The van der Waals surface area contributed by atoms with Crippen LogP contribution in [0.15, 0.2) is 35.5 Å². The van der Waals surface area contributed by atoms with Crippen LogP contribution in [-0.4, -0.2) is 46.0 Å². The molecule has 0 radical (unpaired) electrons. The maximum Gasteiger partial charge on any atom is 0.243 e. The fraction of sp³-hybridized carbons (Fsp3) is 0.364. The van der Waals surface area contributed by atoms with Gasteiger partial charge in [0.2, 0.25) is 10.0 Å². The molecule has 0 atom stereocenters. The highest BCUT2D eigenvalue weighted by Gasteiger charge is 2.21. The minimum Gasteiger partial charge on any atom is -0.207 e. The van der Waals surface area contributed by atoms with E-state index in [9.17, 15) is 8.42 Å². The topological polar surface area (TPSA) is 81.0 Å². The number of hydrogen-bond donors (Lipinski definition) is 0. The molecule has 19 heavy (non-hydrogen) atoms. The Morgan fingerprint density at radius 2 is 2.00 bits per heavy atom. The summed E-state index contributed by atoms with van der Waals surface area (Å²) in [5.41, 5.74) is 0.609. The van der Waals surface area contributed by atoms with Gasteiger partial charge in [0.25, 0.3) is 0 Å². The Morgan fingerprint density at radius 3 is 2.58 bits per heavy atom. The summed E-state index contributed by atoms with van der Waals surface area (Å²) in [5.74, 6) is 0. The highest BCUT2D eigenvalue weighted by atomic mass is 32.2.